The Balaban J connectivity index is 1.61. The molecule has 0 aliphatic carbocycles. The Kier molecular flexibility index (Phi) is 7.01. The Morgan fingerprint density at radius 3 is 2.52 bits per heavy atom. The summed E-state index contributed by atoms with van der Waals surface area (Å²) in [6, 6.07) is 3.78. The maximum absolute atomic E-state index is 12.0. The van der Waals surface area contributed by atoms with E-state index in [4.69, 9.17) is 15.2 Å². The number of amides is 1. The second-order valence-corrected chi connectivity index (χ2v) is 7.22. The van der Waals surface area contributed by atoms with Crippen LogP contribution in [-0.4, -0.2) is 65.8 Å². The van der Waals surface area contributed by atoms with Gasteiger partial charge in [-0.1, -0.05) is 6.07 Å². The van der Waals surface area contributed by atoms with Crippen molar-refractivity contribution in [3.8, 4) is 5.88 Å². The van der Waals surface area contributed by atoms with E-state index in [0.717, 1.165) is 31.6 Å². The maximum Gasteiger partial charge on any atom is 0.410 e. The minimum atomic E-state index is -0.443. The predicted octanol–water partition coefficient (Wildman–Crippen LogP) is 1.86. The quantitative estimate of drug-likeness (QED) is 0.789. The molecular weight excluding hydrogens is 320 g/mol. The first-order chi connectivity index (χ1) is 11.9. The van der Waals surface area contributed by atoms with Crippen LogP contribution in [-0.2, 0) is 11.3 Å². The van der Waals surface area contributed by atoms with E-state index in [1.165, 1.54) is 0 Å². The maximum atomic E-state index is 12.0. The number of piperazine rings is 1. The Labute approximate surface area is 150 Å². The standard InChI is InChI=1S/C18H30N4O3/c1-18(2,3)25-17(23)22-10-8-21(9-11-22)7-4-12-24-16-6-5-15(13-19)14-20-16/h5-6,14H,4,7-13,19H2,1-3H3. The normalized spacial score (nSPS) is 15.9. The van der Waals surface area contributed by atoms with Crippen LogP contribution < -0.4 is 10.5 Å². The molecule has 1 aromatic rings. The average molecular weight is 350 g/mol. The molecule has 2 N–H and O–H groups in total. The van der Waals surface area contributed by atoms with Crippen molar-refractivity contribution >= 4 is 6.09 Å². The Morgan fingerprint density at radius 2 is 1.96 bits per heavy atom. The average Bonchev–Trinajstić information content (AvgIpc) is 2.58. The largest absolute Gasteiger partial charge is 0.478 e. The van der Waals surface area contributed by atoms with Gasteiger partial charge in [0.1, 0.15) is 5.60 Å². The van der Waals surface area contributed by atoms with Crippen molar-refractivity contribution in [1.82, 2.24) is 14.8 Å². The first kappa shape index (κ1) is 19.5. The summed E-state index contributed by atoms with van der Waals surface area (Å²) in [7, 11) is 0. The number of carbonyl (C=O) groups is 1. The molecule has 25 heavy (non-hydrogen) atoms. The van der Waals surface area contributed by atoms with Gasteiger partial charge in [-0.05, 0) is 32.8 Å². The Bertz CT molecular complexity index is 534. The molecule has 1 saturated heterocycles. The van der Waals surface area contributed by atoms with Gasteiger partial charge >= 0.3 is 6.09 Å². The third-order valence-corrected chi connectivity index (χ3v) is 3.93. The Morgan fingerprint density at radius 1 is 1.24 bits per heavy atom. The monoisotopic (exact) mass is 350 g/mol. The molecule has 0 unspecified atom stereocenters. The van der Waals surface area contributed by atoms with Crippen LogP contribution in [0, 0.1) is 0 Å². The van der Waals surface area contributed by atoms with Crippen molar-refractivity contribution in [3.05, 3.63) is 23.9 Å². The van der Waals surface area contributed by atoms with E-state index in [1.807, 2.05) is 32.9 Å². The first-order valence-corrected chi connectivity index (χ1v) is 8.85. The van der Waals surface area contributed by atoms with E-state index >= 15 is 0 Å². The fourth-order valence-corrected chi connectivity index (χ4v) is 2.56. The number of aromatic nitrogens is 1. The summed E-state index contributed by atoms with van der Waals surface area (Å²) < 4.78 is 11.1. The van der Waals surface area contributed by atoms with Crippen LogP contribution in [0.15, 0.2) is 18.3 Å². The summed E-state index contributed by atoms with van der Waals surface area (Å²) in [5.41, 5.74) is 6.10. The van der Waals surface area contributed by atoms with Crippen LogP contribution in [0.3, 0.4) is 0 Å². The van der Waals surface area contributed by atoms with E-state index in [-0.39, 0.29) is 6.09 Å². The molecule has 0 spiro atoms. The number of hydrogen-bond donors (Lipinski definition) is 1. The third kappa shape index (κ3) is 6.88. The van der Waals surface area contributed by atoms with Crippen LogP contribution in [0.5, 0.6) is 5.88 Å². The zero-order chi connectivity index (χ0) is 18.3. The molecule has 1 aliphatic heterocycles. The fraction of sp³-hybridized carbons (Fsp3) is 0.667. The van der Waals surface area contributed by atoms with Crippen molar-refractivity contribution in [2.24, 2.45) is 5.73 Å². The summed E-state index contributed by atoms with van der Waals surface area (Å²) in [6.07, 6.45) is 2.44. The summed E-state index contributed by atoms with van der Waals surface area (Å²) in [5, 5.41) is 0. The second kappa shape index (κ2) is 9.01. The molecule has 1 aromatic heterocycles. The minimum absolute atomic E-state index is 0.220. The highest BCUT2D eigenvalue weighted by Crippen LogP contribution is 2.12. The van der Waals surface area contributed by atoms with Crippen LogP contribution in [0.2, 0.25) is 0 Å². The minimum Gasteiger partial charge on any atom is -0.478 e. The molecular formula is C18H30N4O3. The topological polar surface area (TPSA) is 80.9 Å². The highest BCUT2D eigenvalue weighted by molar-refractivity contribution is 5.68. The number of hydrogen-bond acceptors (Lipinski definition) is 6. The number of nitrogens with zero attached hydrogens (tertiary/aromatic N) is 3. The number of carbonyl (C=O) groups excluding carboxylic acids is 1. The Hall–Kier alpha value is -1.86. The van der Waals surface area contributed by atoms with Crippen molar-refractivity contribution in [2.75, 3.05) is 39.3 Å². The van der Waals surface area contributed by atoms with Gasteiger partial charge in [-0.3, -0.25) is 4.90 Å². The van der Waals surface area contributed by atoms with Crippen molar-refractivity contribution in [2.45, 2.75) is 39.3 Å². The van der Waals surface area contributed by atoms with E-state index < -0.39 is 5.60 Å². The zero-order valence-corrected chi connectivity index (χ0v) is 15.5. The highest BCUT2D eigenvalue weighted by Gasteiger charge is 2.25. The van der Waals surface area contributed by atoms with E-state index in [9.17, 15) is 4.79 Å². The summed E-state index contributed by atoms with van der Waals surface area (Å²) in [6.45, 7) is 10.9. The summed E-state index contributed by atoms with van der Waals surface area (Å²) in [4.78, 5) is 20.4. The molecule has 140 valence electrons. The van der Waals surface area contributed by atoms with Gasteiger partial charge in [-0.15, -0.1) is 0 Å². The van der Waals surface area contributed by atoms with E-state index in [0.29, 0.717) is 32.1 Å². The van der Waals surface area contributed by atoms with Crippen LogP contribution in [0.1, 0.15) is 32.8 Å². The SMILES string of the molecule is CC(C)(C)OC(=O)N1CCN(CCCOc2ccc(CN)cn2)CC1. The lowest BCUT2D eigenvalue weighted by Gasteiger charge is -2.35. The first-order valence-electron chi connectivity index (χ1n) is 8.85. The zero-order valence-electron chi connectivity index (χ0n) is 15.5. The van der Waals surface area contributed by atoms with Crippen LogP contribution >= 0.6 is 0 Å². The summed E-state index contributed by atoms with van der Waals surface area (Å²) in [5.74, 6) is 0.631. The van der Waals surface area contributed by atoms with E-state index in [1.54, 1.807) is 11.1 Å². The molecule has 0 atom stereocenters. The lowest BCUT2D eigenvalue weighted by Crippen LogP contribution is -2.50. The lowest BCUT2D eigenvalue weighted by molar-refractivity contribution is 0.0142. The number of rotatable bonds is 6. The molecule has 0 radical (unpaired) electrons. The molecule has 1 amide bonds. The van der Waals surface area contributed by atoms with Crippen molar-refractivity contribution in [3.63, 3.8) is 0 Å². The van der Waals surface area contributed by atoms with Crippen molar-refractivity contribution in [1.29, 1.82) is 0 Å². The molecule has 2 rings (SSSR count). The highest BCUT2D eigenvalue weighted by atomic mass is 16.6. The lowest BCUT2D eigenvalue weighted by atomic mass is 10.2. The van der Waals surface area contributed by atoms with Gasteiger partial charge in [0.05, 0.1) is 6.61 Å². The van der Waals surface area contributed by atoms with Crippen molar-refractivity contribution < 1.29 is 14.3 Å². The molecule has 1 fully saturated rings. The molecule has 2 heterocycles. The van der Waals surface area contributed by atoms with Gasteiger partial charge in [0.25, 0.3) is 0 Å². The molecule has 0 aromatic carbocycles. The predicted molar refractivity (Wildman–Crippen MR) is 96.5 cm³/mol. The second-order valence-electron chi connectivity index (χ2n) is 7.22. The number of pyridine rings is 1. The molecule has 7 nitrogen and oxygen atoms in total. The molecule has 1 aliphatic rings. The van der Waals surface area contributed by atoms with Gasteiger partial charge in [0.15, 0.2) is 0 Å². The number of nitrogens with two attached hydrogens (primary N) is 1. The summed E-state index contributed by atoms with van der Waals surface area (Å²) >= 11 is 0. The van der Waals surface area contributed by atoms with Gasteiger partial charge in [0.2, 0.25) is 5.88 Å². The van der Waals surface area contributed by atoms with Gasteiger partial charge in [-0.2, -0.15) is 0 Å². The van der Waals surface area contributed by atoms with Crippen LogP contribution in [0.25, 0.3) is 0 Å². The van der Waals surface area contributed by atoms with E-state index in [2.05, 4.69) is 9.88 Å². The van der Waals surface area contributed by atoms with Gasteiger partial charge in [-0.25, -0.2) is 9.78 Å². The van der Waals surface area contributed by atoms with Crippen LogP contribution in [0.4, 0.5) is 4.79 Å². The smallest absolute Gasteiger partial charge is 0.410 e. The molecule has 0 saturated carbocycles. The third-order valence-electron chi connectivity index (χ3n) is 3.93. The molecule has 7 heteroatoms. The number of ether oxygens (including phenoxy) is 2. The van der Waals surface area contributed by atoms with Gasteiger partial charge < -0.3 is 20.1 Å². The molecule has 0 bridgehead atoms. The fourth-order valence-electron chi connectivity index (χ4n) is 2.56. The van der Waals surface area contributed by atoms with Gasteiger partial charge in [0, 0.05) is 51.5 Å².